The molecule has 2 unspecified atom stereocenters. The van der Waals surface area contributed by atoms with Gasteiger partial charge in [0.15, 0.2) is 0 Å². The van der Waals surface area contributed by atoms with Crippen molar-refractivity contribution < 1.29 is 37.3 Å². The second-order valence-electron chi connectivity index (χ2n) is 15.7. The Morgan fingerprint density at radius 3 is 1.32 bits per heavy atom. The number of phosphoric acid groups is 1. The number of esters is 1. The molecule has 0 fully saturated rings. The van der Waals surface area contributed by atoms with E-state index in [-0.39, 0.29) is 25.8 Å². The van der Waals surface area contributed by atoms with Crippen molar-refractivity contribution in [3.8, 4) is 0 Å². The zero-order valence-corrected chi connectivity index (χ0v) is 34.8. The van der Waals surface area contributed by atoms with Crippen LogP contribution in [0.25, 0.3) is 0 Å². The zero-order valence-electron chi connectivity index (χ0n) is 33.9. The summed E-state index contributed by atoms with van der Waals surface area (Å²) in [5.41, 5.74) is 0. The predicted molar refractivity (Wildman–Crippen MR) is 211 cm³/mol. The summed E-state index contributed by atoms with van der Waals surface area (Å²) in [4.78, 5) is 22.8. The first-order valence-electron chi connectivity index (χ1n) is 21.3. The number of hydrogen-bond acceptors (Lipinski definition) is 6. The third kappa shape index (κ3) is 38.7. The minimum absolute atomic E-state index is 0.0937. The molecule has 0 aliphatic rings. The summed E-state index contributed by atoms with van der Waals surface area (Å²) < 4.78 is 34.9. The summed E-state index contributed by atoms with van der Waals surface area (Å²) in [6.07, 6.45) is 35.5. The van der Waals surface area contributed by atoms with Gasteiger partial charge in [0.2, 0.25) is 0 Å². The monoisotopic (exact) mass is 735 g/mol. The van der Waals surface area contributed by atoms with Gasteiger partial charge in [-0.1, -0.05) is 181 Å². The second kappa shape index (κ2) is 35.5. The van der Waals surface area contributed by atoms with Crippen molar-refractivity contribution >= 4 is 13.8 Å². The van der Waals surface area contributed by atoms with Gasteiger partial charge in [0.1, 0.15) is 19.3 Å². The van der Waals surface area contributed by atoms with Gasteiger partial charge in [-0.15, -0.1) is 0 Å². The Balaban J connectivity index is 4.19. The fourth-order valence-electron chi connectivity index (χ4n) is 6.08. The van der Waals surface area contributed by atoms with E-state index in [2.05, 4.69) is 13.8 Å². The highest BCUT2D eigenvalue weighted by molar-refractivity contribution is 7.47. The molecule has 9 heteroatoms. The molecule has 0 heterocycles. The molecule has 300 valence electrons. The van der Waals surface area contributed by atoms with Crippen LogP contribution in [0.4, 0.5) is 0 Å². The fraction of sp³-hybridized carbons (Fsp3) is 0.976. The SMILES string of the molecule is CCCCCCCCCCCCCCCCCCOCC(COP(=O)(O)OCC[N+](C)(C)C)OC(=O)CCCCCCCCCCCCCC. The lowest BCUT2D eigenvalue weighted by molar-refractivity contribution is -0.870. The van der Waals surface area contributed by atoms with Crippen LogP contribution in [0.3, 0.4) is 0 Å². The van der Waals surface area contributed by atoms with Gasteiger partial charge in [0, 0.05) is 13.0 Å². The summed E-state index contributed by atoms with van der Waals surface area (Å²) in [5, 5.41) is 0. The molecule has 0 aromatic carbocycles. The fourth-order valence-corrected chi connectivity index (χ4v) is 6.82. The molecule has 0 rings (SSSR count). The minimum atomic E-state index is -4.26. The van der Waals surface area contributed by atoms with Gasteiger partial charge in [0.05, 0.1) is 34.4 Å². The number of unbranched alkanes of at least 4 members (excludes halogenated alkanes) is 26. The van der Waals surface area contributed by atoms with Crippen LogP contribution >= 0.6 is 7.82 Å². The third-order valence-corrected chi connectivity index (χ3v) is 10.4. The normalized spacial score (nSPS) is 13.8. The van der Waals surface area contributed by atoms with E-state index in [1.165, 1.54) is 148 Å². The smallest absolute Gasteiger partial charge is 0.457 e. The average Bonchev–Trinajstić information content (AvgIpc) is 3.06. The number of likely N-dealkylation sites (N-methyl/N-ethyl adjacent to an activating group) is 1. The van der Waals surface area contributed by atoms with Crippen LogP contribution in [-0.4, -0.2) is 75.6 Å². The molecule has 0 aromatic heterocycles. The molecule has 50 heavy (non-hydrogen) atoms. The van der Waals surface area contributed by atoms with Crippen LogP contribution in [0.1, 0.15) is 200 Å². The highest BCUT2D eigenvalue weighted by atomic mass is 31.2. The molecule has 1 N–H and O–H groups in total. The Hall–Kier alpha value is -0.500. The molecule has 0 saturated heterocycles. The molecule has 0 bridgehead atoms. The van der Waals surface area contributed by atoms with E-state index in [1.54, 1.807) is 0 Å². The Morgan fingerprint density at radius 1 is 0.540 bits per heavy atom. The van der Waals surface area contributed by atoms with E-state index in [0.717, 1.165) is 32.1 Å². The number of rotatable bonds is 40. The number of carbonyl (C=O) groups excluding carboxylic acids is 1. The van der Waals surface area contributed by atoms with E-state index < -0.39 is 13.9 Å². The lowest BCUT2D eigenvalue weighted by Gasteiger charge is -2.24. The molecule has 0 aliphatic heterocycles. The van der Waals surface area contributed by atoms with Crippen LogP contribution in [0.5, 0.6) is 0 Å². The third-order valence-electron chi connectivity index (χ3n) is 9.42. The maximum atomic E-state index is 12.6. The van der Waals surface area contributed by atoms with Crippen molar-refractivity contribution in [1.29, 1.82) is 0 Å². The summed E-state index contributed by atoms with van der Waals surface area (Å²) in [7, 11) is 1.68. The van der Waals surface area contributed by atoms with Gasteiger partial charge in [0.25, 0.3) is 0 Å². The van der Waals surface area contributed by atoms with Gasteiger partial charge in [-0.25, -0.2) is 4.57 Å². The van der Waals surface area contributed by atoms with Crippen LogP contribution < -0.4 is 0 Å². The van der Waals surface area contributed by atoms with Crippen molar-refractivity contribution in [3.63, 3.8) is 0 Å². The van der Waals surface area contributed by atoms with E-state index in [9.17, 15) is 14.3 Å². The van der Waals surface area contributed by atoms with Crippen LogP contribution in [0.15, 0.2) is 0 Å². The average molecular weight is 735 g/mol. The number of phosphoric ester groups is 1. The largest absolute Gasteiger partial charge is 0.472 e. The van der Waals surface area contributed by atoms with Crippen LogP contribution in [0, 0.1) is 0 Å². The molecule has 8 nitrogen and oxygen atoms in total. The van der Waals surface area contributed by atoms with Crippen molar-refractivity contribution in [3.05, 3.63) is 0 Å². The topological polar surface area (TPSA) is 91.3 Å². The predicted octanol–water partition coefficient (Wildman–Crippen LogP) is 12.1. The zero-order chi connectivity index (χ0) is 37.0. The summed E-state index contributed by atoms with van der Waals surface area (Å²) in [6.45, 7) is 5.67. The maximum Gasteiger partial charge on any atom is 0.472 e. The molecular formula is C41H85NO7P+. The van der Waals surface area contributed by atoms with Crippen molar-refractivity contribution in [2.24, 2.45) is 0 Å². The van der Waals surface area contributed by atoms with Crippen molar-refractivity contribution in [2.75, 3.05) is 54.1 Å². The first-order chi connectivity index (χ1) is 24.1. The molecule has 0 radical (unpaired) electrons. The lowest BCUT2D eigenvalue weighted by atomic mass is 10.0. The highest BCUT2D eigenvalue weighted by Gasteiger charge is 2.26. The number of ether oxygens (including phenoxy) is 2. The minimum Gasteiger partial charge on any atom is -0.457 e. The van der Waals surface area contributed by atoms with E-state index in [1.807, 2.05) is 21.1 Å². The van der Waals surface area contributed by atoms with Crippen molar-refractivity contribution in [1.82, 2.24) is 0 Å². The standard InChI is InChI=1S/C41H84NO7P/c1-6-8-10-12-14-16-18-20-21-22-23-25-27-29-31-33-36-46-38-40(39-48-50(44,45)47-37-35-42(3,4)5)49-41(43)34-32-30-28-26-24-19-17-15-13-11-9-7-2/h40H,6-39H2,1-5H3/p+1. The Labute approximate surface area is 310 Å². The summed E-state index contributed by atoms with van der Waals surface area (Å²) >= 11 is 0. The number of nitrogens with zero attached hydrogens (tertiary/aromatic N) is 1. The molecule has 0 saturated carbocycles. The Morgan fingerprint density at radius 2 is 0.920 bits per heavy atom. The van der Waals surface area contributed by atoms with Gasteiger partial charge >= 0.3 is 13.8 Å². The van der Waals surface area contributed by atoms with E-state index in [0.29, 0.717) is 24.1 Å². The van der Waals surface area contributed by atoms with E-state index in [4.69, 9.17) is 18.5 Å². The molecule has 2 atom stereocenters. The van der Waals surface area contributed by atoms with Crippen LogP contribution in [-0.2, 0) is 27.9 Å². The van der Waals surface area contributed by atoms with Gasteiger partial charge in [-0.2, -0.15) is 0 Å². The van der Waals surface area contributed by atoms with Crippen molar-refractivity contribution in [2.45, 2.75) is 206 Å². The molecular weight excluding hydrogens is 649 g/mol. The molecule has 0 aromatic rings. The summed E-state index contributed by atoms with van der Waals surface area (Å²) in [6, 6.07) is 0. The lowest BCUT2D eigenvalue weighted by Crippen LogP contribution is -2.37. The first-order valence-corrected chi connectivity index (χ1v) is 22.8. The first kappa shape index (κ1) is 49.5. The van der Waals surface area contributed by atoms with Crippen LogP contribution in [0.2, 0.25) is 0 Å². The number of carbonyl (C=O) groups is 1. The quantitative estimate of drug-likeness (QED) is 0.0290. The van der Waals surface area contributed by atoms with Gasteiger partial charge in [-0.3, -0.25) is 13.8 Å². The second-order valence-corrected chi connectivity index (χ2v) is 17.2. The maximum absolute atomic E-state index is 12.6. The molecule has 0 aliphatic carbocycles. The number of hydrogen-bond donors (Lipinski definition) is 1. The van der Waals surface area contributed by atoms with Gasteiger partial charge in [-0.05, 0) is 12.8 Å². The molecule has 0 amide bonds. The Bertz CT molecular complexity index is 777. The number of quaternary nitrogens is 1. The Kier molecular flexibility index (Phi) is 35.2. The summed E-state index contributed by atoms with van der Waals surface area (Å²) in [5.74, 6) is -0.310. The highest BCUT2D eigenvalue weighted by Crippen LogP contribution is 2.43. The van der Waals surface area contributed by atoms with E-state index >= 15 is 0 Å². The van der Waals surface area contributed by atoms with Gasteiger partial charge < -0.3 is 18.9 Å². The molecule has 0 spiro atoms.